The predicted octanol–water partition coefficient (Wildman–Crippen LogP) is 1.93. The van der Waals surface area contributed by atoms with Crippen molar-refractivity contribution < 1.29 is 57.9 Å². The number of aliphatic carboxylic acids is 1. The van der Waals surface area contributed by atoms with E-state index in [1.807, 2.05) is 0 Å². The van der Waals surface area contributed by atoms with Crippen molar-refractivity contribution in [2.24, 2.45) is 17.8 Å². The molecule has 0 radical (unpaired) electrons. The summed E-state index contributed by atoms with van der Waals surface area (Å²) in [7, 11) is 0. The first kappa shape index (κ1) is 40.1. The predicted molar refractivity (Wildman–Crippen MR) is 172 cm³/mol. The van der Waals surface area contributed by atoms with Gasteiger partial charge in [-0.15, -0.1) is 0 Å². The second-order valence-electron chi connectivity index (χ2n) is 12.5. The highest BCUT2D eigenvalue weighted by molar-refractivity contribution is 5.97. The molecule has 1 saturated heterocycles. The van der Waals surface area contributed by atoms with Gasteiger partial charge in [-0.25, -0.2) is 4.79 Å². The number of benzene rings is 1. The fraction of sp³-hybridized carbons (Fsp3) is 0.636. The summed E-state index contributed by atoms with van der Waals surface area (Å²) in [5.74, 6) is -3.97. The van der Waals surface area contributed by atoms with Crippen molar-refractivity contribution in [3.05, 3.63) is 23.8 Å². The first-order chi connectivity index (χ1) is 22.6. The van der Waals surface area contributed by atoms with E-state index in [9.17, 15) is 39.0 Å². The zero-order valence-corrected chi connectivity index (χ0v) is 28.4. The number of amides is 3. The number of ether oxygens (including phenoxy) is 4. The van der Waals surface area contributed by atoms with Crippen LogP contribution in [-0.4, -0.2) is 90.0 Å². The summed E-state index contributed by atoms with van der Waals surface area (Å²) in [5.41, 5.74) is 0.619. The summed E-state index contributed by atoms with van der Waals surface area (Å²) in [4.78, 5) is 73.5. The van der Waals surface area contributed by atoms with Crippen LogP contribution < -0.4 is 20.7 Å². The Labute approximate surface area is 280 Å². The molecule has 1 aromatic rings. The molecule has 2 rings (SSSR count). The van der Waals surface area contributed by atoms with Gasteiger partial charge in [0.15, 0.2) is 6.10 Å². The second-order valence-corrected chi connectivity index (χ2v) is 12.5. The van der Waals surface area contributed by atoms with Gasteiger partial charge in [0.25, 0.3) is 0 Å². The Morgan fingerprint density at radius 2 is 1.62 bits per heavy atom. The molecule has 1 aliphatic rings. The number of Topliss-reactive ketones (excluding diaryl/α,β-unsaturated/α-hetero) is 1. The molecule has 5 N–H and O–H groups in total. The number of aliphatic hydroxyl groups is 1. The van der Waals surface area contributed by atoms with Crippen LogP contribution in [0.4, 0.5) is 5.69 Å². The van der Waals surface area contributed by atoms with Gasteiger partial charge in [0.05, 0.1) is 37.5 Å². The van der Waals surface area contributed by atoms with Crippen LogP contribution in [0.25, 0.3) is 0 Å². The molecule has 3 amide bonds. The van der Waals surface area contributed by atoms with Crippen molar-refractivity contribution in [2.75, 3.05) is 25.1 Å². The minimum Gasteiger partial charge on any atom is -0.479 e. The normalized spacial score (nSPS) is 18.2. The Morgan fingerprint density at radius 3 is 2.25 bits per heavy atom. The zero-order chi connectivity index (χ0) is 36.0. The largest absolute Gasteiger partial charge is 0.479 e. The third-order valence-electron chi connectivity index (χ3n) is 7.27. The summed E-state index contributed by atoms with van der Waals surface area (Å²) in [6, 6.07) is 3.61. The van der Waals surface area contributed by atoms with E-state index in [-0.39, 0.29) is 80.5 Å². The SMILES string of the molecule is CC(C)C(=O)CCOCCC(=O)NC(C(=O)NCC(=O)Nc1cc(COC(=O)C(C)C)ccc1OC1CC(O)CC(C(=O)O)O1)C(C)C. The lowest BCUT2D eigenvalue weighted by Gasteiger charge is -2.31. The van der Waals surface area contributed by atoms with Gasteiger partial charge >= 0.3 is 11.9 Å². The topological polar surface area (TPSA) is 216 Å². The standard InChI is InChI=1S/C33H49N3O12/c1-18(2)24(38)9-11-45-12-10-27(39)36-30(19(3)4)31(41)34-16-28(40)35-23-13-21(17-46-33(44)20(5)6)7-8-25(23)47-29-15-22(37)14-26(48-29)32(42)43/h7-8,13,18-20,22,26,29-30,37H,9-12,14-17H2,1-6H3,(H,34,41)(H,35,40)(H,36,39)(H,42,43). The summed E-state index contributed by atoms with van der Waals surface area (Å²) in [5, 5.41) is 27.3. The zero-order valence-electron chi connectivity index (χ0n) is 28.4. The number of carbonyl (C=O) groups excluding carboxylic acids is 5. The highest BCUT2D eigenvalue weighted by Gasteiger charge is 2.34. The van der Waals surface area contributed by atoms with Crippen LogP contribution in [0.5, 0.6) is 5.75 Å². The number of aliphatic hydroxyl groups excluding tert-OH is 1. The van der Waals surface area contributed by atoms with Gasteiger partial charge < -0.3 is 45.1 Å². The molecular weight excluding hydrogens is 630 g/mol. The van der Waals surface area contributed by atoms with Crippen LogP contribution in [-0.2, 0) is 49.6 Å². The van der Waals surface area contributed by atoms with Crippen LogP contribution in [0, 0.1) is 17.8 Å². The summed E-state index contributed by atoms with van der Waals surface area (Å²) in [6.45, 7) is 10.1. The molecule has 0 bridgehead atoms. The quantitative estimate of drug-likeness (QED) is 0.105. The Hall–Kier alpha value is -4.08. The highest BCUT2D eigenvalue weighted by atomic mass is 16.7. The van der Waals surface area contributed by atoms with Gasteiger partial charge in [-0.1, -0.05) is 47.6 Å². The molecular formula is C33H49N3O12. The van der Waals surface area contributed by atoms with Gasteiger partial charge in [0, 0.05) is 31.6 Å². The average molecular weight is 680 g/mol. The van der Waals surface area contributed by atoms with Crippen molar-refractivity contribution >= 4 is 41.1 Å². The molecule has 0 saturated carbocycles. The first-order valence-electron chi connectivity index (χ1n) is 16.1. The van der Waals surface area contributed by atoms with E-state index >= 15 is 0 Å². The summed E-state index contributed by atoms with van der Waals surface area (Å²) >= 11 is 0. The van der Waals surface area contributed by atoms with E-state index in [0.29, 0.717) is 5.56 Å². The second kappa shape index (κ2) is 19.7. The molecule has 1 fully saturated rings. The third kappa shape index (κ3) is 14.0. The maximum atomic E-state index is 13.0. The Bertz CT molecular complexity index is 1280. The van der Waals surface area contributed by atoms with Gasteiger partial charge in [-0.3, -0.25) is 24.0 Å². The molecule has 268 valence electrons. The fourth-order valence-corrected chi connectivity index (χ4v) is 4.41. The Balaban J connectivity index is 2.04. The maximum absolute atomic E-state index is 13.0. The van der Waals surface area contributed by atoms with E-state index in [1.165, 1.54) is 12.1 Å². The van der Waals surface area contributed by atoms with E-state index in [0.717, 1.165) is 0 Å². The number of rotatable bonds is 19. The van der Waals surface area contributed by atoms with Crippen LogP contribution >= 0.6 is 0 Å². The molecule has 1 aromatic carbocycles. The number of nitrogens with one attached hydrogen (secondary N) is 3. The maximum Gasteiger partial charge on any atom is 0.333 e. The average Bonchev–Trinajstić information content (AvgIpc) is 3.01. The minimum atomic E-state index is -1.29. The van der Waals surface area contributed by atoms with E-state index in [2.05, 4.69) is 16.0 Å². The smallest absolute Gasteiger partial charge is 0.333 e. The molecule has 48 heavy (non-hydrogen) atoms. The lowest BCUT2D eigenvalue weighted by atomic mass is 10.0. The van der Waals surface area contributed by atoms with E-state index in [1.54, 1.807) is 47.6 Å². The van der Waals surface area contributed by atoms with Crippen LogP contribution in [0.1, 0.15) is 72.8 Å². The highest BCUT2D eigenvalue weighted by Crippen LogP contribution is 2.30. The number of anilines is 1. The summed E-state index contributed by atoms with van der Waals surface area (Å²) in [6.07, 6.45) is -3.31. The molecule has 1 heterocycles. The number of hydrogen-bond acceptors (Lipinski definition) is 11. The number of carbonyl (C=O) groups is 6. The molecule has 0 spiro atoms. The molecule has 4 unspecified atom stereocenters. The van der Waals surface area contributed by atoms with Crippen LogP contribution in [0.3, 0.4) is 0 Å². The molecule has 0 aromatic heterocycles. The Kier molecular flexibility index (Phi) is 16.4. The van der Waals surface area contributed by atoms with Gasteiger partial charge in [0.2, 0.25) is 24.0 Å². The van der Waals surface area contributed by atoms with Gasteiger partial charge in [-0.2, -0.15) is 0 Å². The minimum absolute atomic E-state index is 0.0204. The van der Waals surface area contributed by atoms with Crippen molar-refractivity contribution in [1.82, 2.24) is 10.6 Å². The van der Waals surface area contributed by atoms with Crippen molar-refractivity contribution in [3.63, 3.8) is 0 Å². The van der Waals surface area contributed by atoms with Gasteiger partial charge in [0.1, 0.15) is 24.2 Å². The molecule has 15 heteroatoms. The molecule has 15 nitrogen and oxygen atoms in total. The van der Waals surface area contributed by atoms with Crippen molar-refractivity contribution in [2.45, 2.75) is 98.4 Å². The van der Waals surface area contributed by atoms with E-state index in [4.69, 9.17) is 18.9 Å². The lowest BCUT2D eigenvalue weighted by molar-refractivity contribution is -0.195. The molecule has 0 aliphatic carbocycles. The number of ketones is 1. The number of carboxylic acids is 1. The number of esters is 1. The number of carboxylic acid groups (broad SMARTS) is 1. The lowest BCUT2D eigenvalue weighted by Crippen LogP contribution is -2.51. The summed E-state index contributed by atoms with van der Waals surface area (Å²) < 4.78 is 21.9. The van der Waals surface area contributed by atoms with Crippen LogP contribution in [0.15, 0.2) is 18.2 Å². The van der Waals surface area contributed by atoms with Crippen molar-refractivity contribution in [3.8, 4) is 5.75 Å². The van der Waals surface area contributed by atoms with Crippen molar-refractivity contribution in [1.29, 1.82) is 0 Å². The Morgan fingerprint density at radius 1 is 0.938 bits per heavy atom. The monoisotopic (exact) mass is 679 g/mol. The molecule has 1 aliphatic heterocycles. The van der Waals surface area contributed by atoms with E-state index < -0.39 is 60.7 Å². The first-order valence-corrected chi connectivity index (χ1v) is 16.1. The third-order valence-corrected chi connectivity index (χ3v) is 7.27. The number of hydrogen-bond donors (Lipinski definition) is 5. The van der Waals surface area contributed by atoms with Crippen LogP contribution in [0.2, 0.25) is 0 Å². The molecule has 4 atom stereocenters. The fourth-order valence-electron chi connectivity index (χ4n) is 4.41. The van der Waals surface area contributed by atoms with Gasteiger partial charge in [-0.05, 0) is 23.6 Å².